The molecule has 0 saturated carbocycles. The van der Waals surface area contributed by atoms with Crippen molar-refractivity contribution in [3.63, 3.8) is 0 Å². The lowest BCUT2D eigenvalue weighted by atomic mass is 10.0. The Balaban J connectivity index is 2.07. The number of hydrogen-bond acceptors (Lipinski definition) is 2. The van der Waals surface area contributed by atoms with Gasteiger partial charge in [-0.3, -0.25) is 4.72 Å². The van der Waals surface area contributed by atoms with Gasteiger partial charge in [-0.25, -0.2) is 8.42 Å². The third-order valence-electron chi connectivity index (χ3n) is 4.51. The summed E-state index contributed by atoms with van der Waals surface area (Å²) in [6.07, 6.45) is 6.29. The maximum absolute atomic E-state index is 12.4. The van der Waals surface area contributed by atoms with Gasteiger partial charge in [-0.2, -0.15) is 0 Å². The molecular weight excluding hydrogens is 401 g/mol. The molecule has 0 aliphatic carbocycles. The number of nitrogens with one attached hydrogen (secondary N) is 1. The van der Waals surface area contributed by atoms with Crippen molar-refractivity contribution in [3.05, 3.63) is 52.0 Å². The Morgan fingerprint density at radius 3 is 2.33 bits per heavy atom. The van der Waals surface area contributed by atoms with Crippen LogP contribution < -0.4 is 4.72 Å². The summed E-state index contributed by atoms with van der Waals surface area (Å²) in [7, 11) is -3.37. The fourth-order valence-electron chi connectivity index (χ4n) is 2.91. The molecule has 0 unspecified atom stereocenters. The van der Waals surface area contributed by atoms with Crippen molar-refractivity contribution in [1.82, 2.24) is 0 Å². The molecule has 0 heterocycles. The molecule has 0 bridgehead atoms. The molecule has 0 amide bonds. The van der Waals surface area contributed by atoms with Crippen LogP contribution in [0.5, 0.6) is 0 Å². The second-order valence-corrected chi connectivity index (χ2v) is 9.53. The van der Waals surface area contributed by atoms with Gasteiger partial charge < -0.3 is 0 Å². The van der Waals surface area contributed by atoms with Gasteiger partial charge in [0.2, 0.25) is 10.0 Å². The summed E-state index contributed by atoms with van der Waals surface area (Å²) in [6, 6.07) is 10.9. The van der Waals surface area contributed by atoms with Crippen LogP contribution in [0.1, 0.15) is 51.0 Å². The van der Waals surface area contributed by atoms with E-state index in [2.05, 4.69) is 11.6 Å². The van der Waals surface area contributed by atoms with Crippen LogP contribution >= 0.6 is 23.2 Å². The molecule has 2 aromatic rings. The van der Waals surface area contributed by atoms with Crippen molar-refractivity contribution >= 4 is 38.9 Å². The van der Waals surface area contributed by atoms with E-state index in [0.717, 1.165) is 29.5 Å². The molecular formula is C21H27Cl2NO2S. The van der Waals surface area contributed by atoms with Gasteiger partial charge in [0.25, 0.3) is 0 Å². The van der Waals surface area contributed by atoms with Crippen molar-refractivity contribution in [2.24, 2.45) is 0 Å². The van der Waals surface area contributed by atoms with E-state index in [0.29, 0.717) is 22.2 Å². The lowest BCUT2D eigenvalue weighted by molar-refractivity contribution is 0.588. The van der Waals surface area contributed by atoms with Gasteiger partial charge in [-0.15, -0.1) is 0 Å². The van der Waals surface area contributed by atoms with Crippen molar-refractivity contribution in [3.8, 4) is 11.1 Å². The fraction of sp³-hybridized carbons (Fsp3) is 0.429. The van der Waals surface area contributed by atoms with Gasteiger partial charge in [-0.1, -0.05) is 80.4 Å². The van der Waals surface area contributed by atoms with Crippen LogP contribution in [0, 0.1) is 6.92 Å². The second kappa shape index (κ2) is 10.4. The lowest BCUT2D eigenvalue weighted by Gasteiger charge is -2.13. The minimum absolute atomic E-state index is 0.143. The summed E-state index contributed by atoms with van der Waals surface area (Å²) in [5.41, 5.74) is 3.12. The van der Waals surface area contributed by atoms with Crippen LogP contribution in [0.3, 0.4) is 0 Å². The molecule has 27 heavy (non-hydrogen) atoms. The molecule has 1 N–H and O–H groups in total. The summed E-state index contributed by atoms with van der Waals surface area (Å²) in [5.74, 6) is 0.143. The summed E-state index contributed by atoms with van der Waals surface area (Å²) in [5, 5.41) is 1.10. The standard InChI is InChI=1S/C21H27Cl2NO2S/c1-3-4-5-6-7-8-13-27(25,26)24-21-14-17(10-9-16(21)2)19-12-11-18(22)15-20(19)23/h9-12,14-15,24H,3-8,13H2,1-2H3. The Labute approximate surface area is 173 Å². The predicted octanol–water partition coefficient (Wildman–Crippen LogP) is 7.07. The van der Waals surface area contributed by atoms with Crippen LogP contribution in [0.2, 0.25) is 10.0 Å². The van der Waals surface area contributed by atoms with Crippen molar-refractivity contribution < 1.29 is 8.42 Å². The van der Waals surface area contributed by atoms with E-state index >= 15 is 0 Å². The molecule has 2 aromatic carbocycles. The molecule has 6 heteroatoms. The highest BCUT2D eigenvalue weighted by Crippen LogP contribution is 2.33. The molecule has 0 aliphatic rings. The van der Waals surface area contributed by atoms with E-state index in [9.17, 15) is 8.42 Å². The maximum Gasteiger partial charge on any atom is 0.232 e. The first-order chi connectivity index (χ1) is 12.8. The normalized spacial score (nSPS) is 11.6. The zero-order valence-electron chi connectivity index (χ0n) is 15.9. The van der Waals surface area contributed by atoms with E-state index in [-0.39, 0.29) is 5.75 Å². The van der Waals surface area contributed by atoms with Crippen LogP contribution in [0.25, 0.3) is 11.1 Å². The zero-order valence-corrected chi connectivity index (χ0v) is 18.2. The lowest BCUT2D eigenvalue weighted by Crippen LogP contribution is -2.17. The smallest absolute Gasteiger partial charge is 0.232 e. The van der Waals surface area contributed by atoms with Gasteiger partial charge in [0, 0.05) is 15.6 Å². The molecule has 0 atom stereocenters. The monoisotopic (exact) mass is 427 g/mol. The molecule has 0 radical (unpaired) electrons. The van der Waals surface area contributed by atoms with Crippen LogP contribution in [0.15, 0.2) is 36.4 Å². The average Bonchev–Trinajstić information content (AvgIpc) is 2.60. The summed E-state index contributed by atoms with van der Waals surface area (Å²) in [4.78, 5) is 0. The molecule has 2 rings (SSSR count). The first kappa shape index (κ1) is 22.1. The molecule has 0 saturated heterocycles. The van der Waals surface area contributed by atoms with Crippen molar-refractivity contribution in [2.75, 3.05) is 10.5 Å². The predicted molar refractivity (Wildman–Crippen MR) is 117 cm³/mol. The summed E-state index contributed by atoms with van der Waals surface area (Å²) in [6.45, 7) is 4.05. The Morgan fingerprint density at radius 1 is 0.926 bits per heavy atom. The molecule has 148 valence electrons. The Bertz CT molecular complexity index is 866. The summed E-state index contributed by atoms with van der Waals surface area (Å²) < 4.78 is 27.6. The van der Waals surface area contributed by atoms with Crippen molar-refractivity contribution in [1.29, 1.82) is 0 Å². The topological polar surface area (TPSA) is 46.2 Å². The number of halogens is 2. The van der Waals surface area contributed by atoms with E-state index in [1.54, 1.807) is 12.1 Å². The number of unbranched alkanes of at least 4 members (excludes halogenated alkanes) is 5. The first-order valence-corrected chi connectivity index (χ1v) is 11.8. The number of hydrogen-bond donors (Lipinski definition) is 1. The summed E-state index contributed by atoms with van der Waals surface area (Å²) >= 11 is 12.2. The van der Waals surface area contributed by atoms with Gasteiger partial charge in [-0.05, 0) is 42.7 Å². The molecule has 0 fully saturated rings. The number of rotatable bonds is 10. The first-order valence-electron chi connectivity index (χ1n) is 9.39. The third kappa shape index (κ3) is 7.02. The molecule has 0 aliphatic heterocycles. The highest BCUT2D eigenvalue weighted by Gasteiger charge is 2.13. The maximum atomic E-state index is 12.4. The highest BCUT2D eigenvalue weighted by atomic mass is 35.5. The Morgan fingerprint density at radius 2 is 1.63 bits per heavy atom. The van der Waals surface area contributed by atoms with Crippen LogP contribution in [-0.2, 0) is 10.0 Å². The SMILES string of the molecule is CCCCCCCCS(=O)(=O)Nc1cc(-c2ccc(Cl)cc2Cl)ccc1C. The van der Waals surface area contributed by atoms with Crippen LogP contribution in [-0.4, -0.2) is 14.2 Å². The van der Waals surface area contributed by atoms with Crippen LogP contribution in [0.4, 0.5) is 5.69 Å². The molecule has 3 nitrogen and oxygen atoms in total. The number of benzene rings is 2. The van der Waals surface area contributed by atoms with Crippen molar-refractivity contribution in [2.45, 2.75) is 52.4 Å². The largest absolute Gasteiger partial charge is 0.283 e. The van der Waals surface area contributed by atoms with Gasteiger partial charge in [0.1, 0.15) is 0 Å². The quantitative estimate of drug-likeness (QED) is 0.411. The zero-order chi connectivity index (χ0) is 19.9. The third-order valence-corrected chi connectivity index (χ3v) is 6.42. The fourth-order valence-corrected chi connectivity index (χ4v) is 4.67. The van der Waals surface area contributed by atoms with Gasteiger partial charge >= 0.3 is 0 Å². The number of anilines is 1. The highest BCUT2D eigenvalue weighted by molar-refractivity contribution is 7.92. The Kier molecular flexibility index (Phi) is 8.46. The minimum Gasteiger partial charge on any atom is -0.283 e. The Hall–Kier alpha value is -1.23. The number of aryl methyl sites for hydroxylation is 1. The molecule has 0 spiro atoms. The second-order valence-electron chi connectivity index (χ2n) is 6.84. The van der Waals surface area contributed by atoms with Gasteiger partial charge in [0.05, 0.1) is 11.4 Å². The van der Waals surface area contributed by atoms with Gasteiger partial charge in [0.15, 0.2) is 0 Å². The van der Waals surface area contributed by atoms with E-state index in [4.69, 9.17) is 23.2 Å². The molecule has 0 aromatic heterocycles. The minimum atomic E-state index is -3.37. The van der Waals surface area contributed by atoms with E-state index < -0.39 is 10.0 Å². The van der Waals surface area contributed by atoms with E-state index in [1.807, 2.05) is 31.2 Å². The number of sulfonamides is 1. The van der Waals surface area contributed by atoms with E-state index in [1.165, 1.54) is 19.3 Å². The average molecular weight is 428 g/mol.